The van der Waals surface area contributed by atoms with E-state index in [4.69, 9.17) is 0 Å². The molecular weight excluding hydrogens is 392 g/mol. The number of para-hydroxylation sites is 1. The van der Waals surface area contributed by atoms with Crippen LogP contribution in [0.3, 0.4) is 0 Å². The average Bonchev–Trinajstić information content (AvgIpc) is 2.98. The molecule has 124 valence electrons. The Morgan fingerprint density at radius 2 is 2.21 bits per heavy atom. The number of nitrogens with zero attached hydrogens (tertiary/aromatic N) is 3. The van der Waals surface area contributed by atoms with Crippen LogP contribution in [-0.2, 0) is 11.3 Å². The van der Waals surface area contributed by atoms with Crippen LogP contribution < -0.4 is 10.9 Å². The highest BCUT2D eigenvalue weighted by molar-refractivity contribution is 9.10. The number of hydrogen-bond donors (Lipinski definition) is 1. The average molecular weight is 407 g/mol. The first-order valence-corrected chi connectivity index (χ1v) is 8.89. The van der Waals surface area contributed by atoms with Gasteiger partial charge in [-0.25, -0.2) is 4.98 Å². The van der Waals surface area contributed by atoms with E-state index in [2.05, 4.69) is 26.2 Å². The zero-order valence-corrected chi connectivity index (χ0v) is 15.3. The van der Waals surface area contributed by atoms with Gasteiger partial charge in [-0.1, -0.05) is 12.1 Å². The molecule has 0 saturated carbocycles. The summed E-state index contributed by atoms with van der Waals surface area (Å²) < 4.78 is 2.34. The number of amides is 1. The van der Waals surface area contributed by atoms with Crippen LogP contribution in [0, 0.1) is 0 Å². The molecular formula is C16H15BrN4O2S. The lowest BCUT2D eigenvalue weighted by molar-refractivity contribution is -0.117. The molecule has 0 aliphatic rings. The normalized spacial score (nSPS) is 11.1. The minimum absolute atomic E-state index is 0.109. The summed E-state index contributed by atoms with van der Waals surface area (Å²) in [5.74, 6) is -0.127. The first-order chi connectivity index (χ1) is 11.5. The molecule has 24 heavy (non-hydrogen) atoms. The van der Waals surface area contributed by atoms with Crippen molar-refractivity contribution in [3.05, 3.63) is 62.4 Å². The molecule has 1 aromatic carbocycles. The molecule has 0 saturated heterocycles. The summed E-state index contributed by atoms with van der Waals surface area (Å²) in [7, 11) is 1.82. The smallest absolute Gasteiger partial charge is 0.258 e. The Morgan fingerprint density at radius 3 is 3.00 bits per heavy atom. The minimum atomic E-state index is -0.127. The van der Waals surface area contributed by atoms with E-state index in [1.54, 1.807) is 6.20 Å². The molecule has 3 aromatic rings. The van der Waals surface area contributed by atoms with Gasteiger partial charge in [-0.15, -0.1) is 11.3 Å². The van der Waals surface area contributed by atoms with Crippen LogP contribution in [0.1, 0.15) is 5.69 Å². The van der Waals surface area contributed by atoms with Crippen molar-refractivity contribution in [1.82, 2.24) is 14.3 Å². The highest BCUT2D eigenvalue weighted by atomic mass is 79.9. The van der Waals surface area contributed by atoms with Gasteiger partial charge < -0.3 is 5.32 Å². The fourth-order valence-corrected chi connectivity index (χ4v) is 3.42. The molecule has 3 rings (SSSR count). The monoisotopic (exact) mass is 406 g/mol. The molecule has 2 heterocycles. The number of halogens is 1. The second kappa shape index (κ2) is 7.25. The largest absolute Gasteiger partial charge is 0.324 e. The van der Waals surface area contributed by atoms with Gasteiger partial charge in [-0.05, 0) is 35.1 Å². The van der Waals surface area contributed by atoms with Gasteiger partial charge >= 0.3 is 0 Å². The van der Waals surface area contributed by atoms with Crippen LogP contribution in [-0.4, -0.2) is 33.8 Å². The van der Waals surface area contributed by atoms with E-state index in [-0.39, 0.29) is 18.0 Å². The predicted octanol–water partition coefficient (Wildman–Crippen LogP) is 2.59. The predicted molar refractivity (Wildman–Crippen MR) is 98.4 cm³/mol. The summed E-state index contributed by atoms with van der Waals surface area (Å²) >= 11 is 4.81. The molecule has 0 aliphatic carbocycles. The third kappa shape index (κ3) is 3.89. The van der Waals surface area contributed by atoms with E-state index in [1.165, 1.54) is 21.8 Å². The van der Waals surface area contributed by atoms with Crippen molar-refractivity contribution in [1.29, 1.82) is 0 Å². The standard InChI is InChI=1S/C16H15BrN4O2S/c1-20(10-14(22)19-13-5-3-2-4-12(13)17)9-11-8-15(23)21-6-7-24-16(21)18-11/h2-8H,9-10H2,1H3,(H,19,22). The third-order valence-corrected chi connectivity index (χ3v) is 4.80. The number of likely N-dealkylation sites (N-methyl/N-ethyl adjacent to an activating group) is 1. The Kier molecular flexibility index (Phi) is 5.08. The van der Waals surface area contributed by atoms with Crippen molar-refractivity contribution in [3.8, 4) is 0 Å². The topological polar surface area (TPSA) is 66.7 Å². The molecule has 0 aliphatic heterocycles. The maximum atomic E-state index is 12.1. The fourth-order valence-electron chi connectivity index (χ4n) is 2.30. The Bertz CT molecular complexity index is 937. The molecule has 0 bridgehead atoms. The summed E-state index contributed by atoms with van der Waals surface area (Å²) in [4.78, 5) is 31.0. The molecule has 8 heteroatoms. The highest BCUT2D eigenvalue weighted by Crippen LogP contribution is 2.21. The lowest BCUT2D eigenvalue weighted by Gasteiger charge is -2.16. The van der Waals surface area contributed by atoms with Crippen LogP contribution in [0.5, 0.6) is 0 Å². The van der Waals surface area contributed by atoms with Crippen molar-refractivity contribution in [2.75, 3.05) is 18.9 Å². The second-order valence-electron chi connectivity index (χ2n) is 5.34. The minimum Gasteiger partial charge on any atom is -0.324 e. The lowest BCUT2D eigenvalue weighted by atomic mass is 10.3. The molecule has 6 nitrogen and oxygen atoms in total. The van der Waals surface area contributed by atoms with Crippen LogP contribution >= 0.6 is 27.3 Å². The van der Waals surface area contributed by atoms with Gasteiger partial charge in [-0.3, -0.25) is 18.9 Å². The van der Waals surface area contributed by atoms with Gasteiger partial charge in [0, 0.05) is 28.7 Å². The number of carbonyl (C=O) groups excluding carboxylic acids is 1. The molecule has 0 atom stereocenters. The van der Waals surface area contributed by atoms with Gasteiger partial charge in [0.2, 0.25) is 5.91 Å². The highest BCUT2D eigenvalue weighted by Gasteiger charge is 2.11. The summed E-state index contributed by atoms with van der Waals surface area (Å²) in [5.41, 5.74) is 1.27. The van der Waals surface area contributed by atoms with E-state index in [0.29, 0.717) is 17.2 Å². The van der Waals surface area contributed by atoms with Gasteiger partial charge in [-0.2, -0.15) is 0 Å². The number of carbonyl (C=O) groups is 1. The SMILES string of the molecule is CN(CC(=O)Nc1ccccc1Br)Cc1cc(=O)n2ccsc2n1. The van der Waals surface area contributed by atoms with Crippen molar-refractivity contribution >= 4 is 43.8 Å². The number of aromatic nitrogens is 2. The van der Waals surface area contributed by atoms with Crippen molar-refractivity contribution < 1.29 is 4.79 Å². The van der Waals surface area contributed by atoms with Crippen molar-refractivity contribution in [2.24, 2.45) is 0 Å². The Hall–Kier alpha value is -2.03. The van der Waals surface area contributed by atoms with Crippen molar-refractivity contribution in [2.45, 2.75) is 6.54 Å². The maximum absolute atomic E-state index is 12.1. The number of nitrogens with one attached hydrogen (secondary N) is 1. The molecule has 2 aromatic heterocycles. The first kappa shape index (κ1) is 16.8. The Labute approximate surface area is 150 Å². The Morgan fingerprint density at radius 1 is 1.42 bits per heavy atom. The molecule has 1 N–H and O–H groups in total. The maximum Gasteiger partial charge on any atom is 0.258 e. The molecule has 1 amide bonds. The molecule has 0 fully saturated rings. The zero-order chi connectivity index (χ0) is 17.1. The molecule has 0 radical (unpaired) electrons. The van der Waals surface area contributed by atoms with Gasteiger partial charge in [0.25, 0.3) is 5.56 Å². The van der Waals surface area contributed by atoms with Gasteiger partial charge in [0.1, 0.15) is 0 Å². The van der Waals surface area contributed by atoms with Crippen LogP contribution in [0.15, 0.2) is 51.2 Å². The molecule has 0 spiro atoms. The number of anilines is 1. The van der Waals surface area contributed by atoms with E-state index < -0.39 is 0 Å². The zero-order valence-electron chi connectivity index (χ0n) is 12.9. The van der Waals surface area contributed by atoms with E-state index in [1.807, 2.05) is 41.6 Å². The molecule has 0 unspecified atom stereocenters. The van der Waals surface area contributed by atoms with Gasteiger partial charge in [0.15, 0.2) is 4.96 Å². The summed E-state index contributed by atoms with van der Waals surface area (Å²) in [6.45, 7) is 0.625. The number of rotatable bonds is 5. The van der Waals surface area contributed by atoms with Crippen molar-refractivity contribution in [3.63, 3.8) is 0 Å². The van der Waals surface area contributed by atoms with E-state index >= 15 is 0 Å². The fraction of sp³-hybridized carbons (Fsp3) is 0.188. The summed E-state index contributed by atoms with van der Waals surface area (Å²) in [6.07, 6.45) is 1.70. The summed E-state index contributed by atoms with van der Waals surface area (Å²) in [6, 6.07) is 8.94. The number of thiazole rings is 1. The summed E-state index contributed by atoms with van der Waals surface area (Å²) in [5, 5.41) is 4.67. The number of hydrogen-bond acceptors (Lipinski definition) is 5. The second-order valence-corrected chi connectivity index (χ2v) is 7.07. The quantitative estimate of drug-likeness (QED) is 0.706. The number of fused-ring (bicyclic) bond motifs is 1. The Balaban J connectivity index is 1.64. The van der Waals surface area contributed by atoms with Crippen LogP contribution in [0.4, 0.5) is 5.69 Å². The van der Waals surface area contributed by atoms with Crippen LogP contribution in [0.25, 0.3) is 4.96 Å². The number of benzene rings is 1. The van der Waals surface area contributed by atoms with Crippen LogP contribution in [0.2, 0.25) is 0 Å². The first-order valence-electron chi connectivity index (χ1n) is 7.21. The van der Waals surface area contributed by atoms with E-state index in [9.17, 15) is 9.59 Å². The third-order valence-electron chi connectivity index (χ3n) is 3.35. The van der Waals surface area contributed by atoms with Gasteiger partial charge in [0.05, 0.1) is 17.9 Å². The van der Waals surface area contributed by atoms with E-state index in [0.717, 1.165) is 10.2 Å². The lowest BCUT2D eigenvalue weighted by Crippen LogP contribution is -2.30.